The summed E-state index contributed by atoms with van der Waals surface area (Å²) in [4.78, 5) is 13.4. The summed E-state index contributed by atoms with van der Waals surface area (Å²) >= 11 is 0. The fraction of sp³-hybridized carbons (Fsp3) is 0.333. The standard InChI is InChI=1S/C24H22F9N3O4/c1-36(17-4-2-16(25)3-5-17)22(37)40-20-18(10-15(23(28,29)30)11-19(20)24(31,32)33)14(12-34)13-35-6-7-38-8-9-39-21(26)27/h2-5,10-13,21,34-35H,6-9H2,1H3/b14-13+,34-12?. The van der Waals surface area contributed by atoms with Crippen LogP contribution in [0.5, 0.6) is 5.75 Å². The van der Waals surface area contributed by atoms with Gasteiger partial charge in [0, 0.05) is 42.8 Å². The monoisotopic (exact) mass is 587 g/mol. The SMILES string of the molecule is CN(C(=O)Oc1c(/C(C=N)=C/NCCOCCOC(F)F)cc(C(F)(F)F)cc1C(F)(F)F)c1ccc(F)cc1. The quantitative estimate of drug-likeness (QED) is 0.172. The second-order valence-corrected chi connectivity index (χ2v) is 7.74. The summed E-state index contributed by atoms with van der Waals surface area (Å²) in [6.07, 6.45) is -10.8. The van der Waals surface area contributed by atoms with E-state index >= 15 is 0 Å². The van der Waals surface area contributed by atoms with Gasteiger partial charge >= 0.3 is 25.1 Å². The Morgan fingerprint density at radius 3 is 2.23 bits per heavy atom. The largest absolute Gasteiger partial charge is 0.420 e. The van der Waals surface area contributed by atoms with E-state index < -0.39 is 65.5 Å². The first-order valence-corrected chi connectivity index (χ1v) is 11.1. The van der Waals surface area contributed by atoms with Crippen LogP contribution < -0.4 is 15.0 Å². The molecule has 16 heteroatoms. The summed E-state index contributed by atoms with van der Waals surface area (Å²) in [5.41, 5.74) is -5.09. The zero-order valence-electron chi connectivity index (χ0n) is 20.5. The van der Waals surface area contributed by atoms with Gasteiger partial charge in [0.25, 0.3) is 0 Å². The fourth-order valence-corrected chi connectivity index (χ4v) is 3.06. The molecule has 7 nitrogen and oxygen atoms in total. The second-order valence-electron chi connectivity index (χ2n) is 7.74. The number of benzene rings is 2. The molecule has 0 fully saturated rings. The average Bonchev–Trinajstić information content (AvgIpc) is 2.86. The normalized spacial score (nSPS) is 12.4. The van der Waals surface area contributed by atoms with Crippen LogP contribution in [0.3, 0.4) is 0 Å². The van der Waals surface area contributed by atoms with Crippen molar-refractivity contribution in [2.75, 3.05) is 38.3 Å². The first-order chi connectivity index (χ1) is 18.6. The van der Waals surface area contributed by atoms with E-state index in [2.05, 4.69) is 10.1 Å². The van der Waals surface area contributed by atoms with E-state index in [1.54, 1.807) is 0 Å². The number of hydrogen-bond acceptors (Lipinski definition) is 6. The van der Waals surface area contributed by atoms with Gasteiger partial charge in [-0.15, -0.1) is 0 Å². The predicted molar refractivity (Wildman–Crippen MR) is 125 cm³/mol. The summed E-state index contributed by atoms with van der Waals surface area (Å²) in [6, 6.07) is 4.20. The van der Waals surface area contributed by atoms with E-state index in [-0.39, 0.29) is 37.6 Å². The number of halogens is 9. The van der Waals surface area contributed by atoms with Gasteiger partial charge in [-0.25, -0.2) is 9.18 Å². The van der Waals surface area contributed by atoms with E-state index in [1.165, 1.54) is 0 Å². The maximum absolute atomic E-state index is 13.9. The fourth-order valence-electron chi connectivity index (χ4n) is 3.06. The minimum absolute atomic E-state index is 0.00291. The Morgan fingerprint density at radius 1 is 1.02 bits per heavy atom. The highest BCUT2D eigenvalue weighted by Gasteiger charge is 2.41. The average molecular weight is 587 g/mol. The van der Waals surface area contributed by atoms with Gasteiger partial charge in [-0.05, 0) is 36.4 Å². The Kier molecular flexibility index (Phi) is 11.4. The molecule has 0 aliphatic heterocycles. The van der Waals surface area contributed by atoms with Crippen molar-refractivity contribution in [2.45, 2.75) is 19.0 Å². The zero-order valence-corrected chi connectivity index (χ0v) is 20.5. The van der Waals surface area contributed by atoms with Crippen molar-refractivity contribution in [1.82, 2.24) is 5.32 Å². The Labute approximate surface area is 221 Å². The molecule has 0 saturated heterocycles. The topological polar surface area (TPSA) is 83.9 Å². The van der Waals surface area contributed by atoms with Crippen LogP contribution in [0.1, 0.15) is 16.7 Å². The number of carbonyl (C=O) groups is 1. The van der Waals surface area contributed by atoms with Crippen molar-refractivity contribution in [1.29, 1.82) is 5.41 Å². The second kappa shape index (κ2) is 14.0. The van der Waals surface area contributed by atoms with Crippen LogP contribution in [-0.4, -0.2) is 52.3 Å². The van der Waals surface area contributed by atoms with E-state index in [4.69, 9.17) is 14.9 Å². The molecule has 0 aromatic heterocycles. The number of hydrogen-bond donors (Lipinski definition) is 2. The molecular formula is C24H22F9N3O4. The summed E-state index contributed by atoms with van der Waals surface area (Å²) in [6.45, 7) is -3.87. The van der Waals surface area contributed by atoms with Crippen molar-refractivity contribution >= 4 is 23.6 Å². The van der Waals surface area contributed by atoms with Gasteiger partial charge in [0.05, 0.1) is 30.9 Å². The third kappa shape index (κ3) is 9.44. The molecule has 2 rings (SSSR count). The first kappa shape index (κ1) is 32.4. The summed E-state index contributed by atoms with van der Waals surface area (Å²) in [7, 11) is 1.08. The molecule has 2 aromatic rings. The van der Waals surface area contributed by atoms with Gasteiger partial charge in [0.1, 0.15) is 5.82 Å². The molecule has 0 unspecified atom stereocenters. The van der Waals surface area contributed by atoms with Crippen LogP contribution in [0.15, 0.2) is 42.6 Å². The Balaban J connectivity index is 2.44. The summed E-state index contributed by atoms with van der Waals surface area (Å²) < 4.78 is 133. The van der Waals surface area contributed by atoms with E-state index in [0.717, 1.165) is 37.5 Å². The molecule has 0 heterocycles. The van der Waals surface area contributed by atoms with E-state index in [0.29, 0.717) is 11.1 Å². The molecule has 0 atom stereocenters. The van der Waals surface area contributed by atoms with E-state index in [1.807, 2.05) is 0 Å². The molecule has 0 aliphatic carbocycles. The number of amides is 1. The Bertz CT molecular complexity index is 1180. The molecule has 2 N–H and O–H groups in total. The van der Waals surface area contributed by atoms with Crippen LogP contribution in [-0.2, 0) is 21.8 Å². The highest BCUT2D eigenvalue weighted by molar-refractivity contribution is 6.10. The minimum atomic E-state index is -5.42. The smallest absolute Gasteiger partial charge is 0.409 e. The molecule has 0 spiro atoms. The molecule has 0 saturated carbocycles. The molecule has 220 valence electrons. The zero-order chi connectivity index (χ0) is 30.1. The number of allylic oxidation sites excluding steroid dienone is 1. The lowest BCUT2D eigenvalue weighted by Gasteiger charge is -2.22. The van der Waals surface area contributed by atoms with Gasteiger partial charge < -0.3 is 24.9 Å². The molecule has 0 radical (unpaired) electrons. The molecule has 2 aromatic carbocycles. The third-order valence-electron chi connectivity index (χ3n) is 4.99. The van der Waals surface area contributed by atoms with Crippen LogP contribution >= 0.6 is 0 Å². The molecular weight excluding hydrogens is 565 g/mol. The number of nitrogens with one attached hydrogen (secondary N) is 2. The highest BCUT2D eigenvalue weighted by Crippen LogP contribution is 2.44. The molecule has 0 aliphatic rings. The van der Waals surface area contributed by atoms with E-state index in [9.17, 15) is 44.3 Å². The first-order valence-electron chi connectivity index (χ1n) is 11.1. The molecule has 0 bridgehead atoms. The van der Waals surface area contributed by atoms with Gasteiger partial charge in [-0.2, -0.15) is 35.1 Å². The van der Waals surface area contributed by atoms with Gasteiger partial charge in [-0.3, -0.25) is 4.90 Å². The summed E-state index contributed by atoms with van der Waals surface area (Å²) in [5.74, 6) is -1.98. The van der Waals surface area contributed by atoms with Crippen molar-refractivity contribution in [2.24, 2.45) is 0 Å². The van der Waals surface area contributed by atoms with Crippen molar-refractivity contribution < 1.29 is 58.5 Å². The highest BCUT2D eigenvalue weighted by atomic mass is 19.4. The Hall–Kier alpha value is -3.79. The number of nitrogens with zero attached hydrogens (tertiary/aromatic N) is 1. The lowest BCUT2D eigenvalue weighted by atomic mass is 9.98. The maximum atomic E-state index is 13.9. The number of anilines is 1. The number of alkyl halides is 8. The third-order valence-corrected chi connectivity index (χ3v) is 4.99. The van der Waals surface area contributed by atoms with Gasteiger partial charge in [0.2, 0.25) is 0 Å². The summed E-state index contributed by atoms with van der Waals surface area (Å²) in [5, 5.41) is 10.1. The van der Waals surface area contributed by atoms with Gasteiger partial charge in [0.15, 0.2) is 5.75 Å². The lowest BCUT2D eigenvalue weighted by molar-refractivity contribution is -0.143. The van der Waals surface area contributed by atoms with Crippen LogP contribution in [0, 0.1) is 11.2 Å². The Morgan fingerprint density at radius 2 is 1.68 bits per heavy atom. The number of rotatable bonds is 12. The van der Waals surface area contributed by atoms with Crippen LogP contribution in [0.4, 0.5) is 50.0 Å². The van der Waals surface area contributed by atoms with Crippen LogP contribution in [0.25, 0.3) is 5.57 Å². The maximum Gasteiger partial charge on any atom is 0.420 e. The number of ether oxygens (including phenoxy) is 3. The molecule has 40 heavy (non-hydrogen) atoms. The van der Waals surface area contributed by atoms with Gasteiger partial charge in [-0.1, -0.05) is 0 Å². The van der Waals surface area contributed by atoms with Crippen molar-refractivity contribution in [3.63, 3.8) is 0 Å². The molecule has 1 amide bonds. The van der Waals surface area contributed by atoms with Crippen molar-refractivity contribution in [3.8, 4) is 5.75 Å². The minimum Gasteiger partial charge on any atom is -0.409 e. The van der Waals surface area contributed by atoms with Crippen LogP contribution in [0.2, 0.25) is 0 Å². The predicted octanol–water partition coefficient (Wildman–Crippen LogP) is 6.33. The lowest BCUT2D eigenvalue weighted by Crippen LogP contribution is -2.30. The number of carbonyl (C=O) groups excluding carboxylic acids is 1. The van der Waals surface area contributed by atoms with Crippen molar-refractivity contribution in [3.05, 3.63) is 65.1 Å².